The largest absolute Gasteiger partial charge is 0.303 e. The van der Waals surface area contributed by atoms with Crippen LogP contribution in [0, 0.1) is 11.3 Å². The van der Waals surface area contributed by atoms with E-state index in [1.54, 1.807) is 0 Å². The van der Waals surface area contributed by atoms with Gasteiger partial charge in [0.25, 0.3) is 0 Å². The van der Waals surface area contributed by atoms with E-state index in [1.165, 1.54) is 32.2 Å². The first-order valence-corrected chi connectivity index (χ1v) is 7.33. The molecule has 0 saturated heterocycles. The molecule has 0 amide bonds. The monoisotopic (exact) mass is 275 g/mol. The zero-order chi connectivity index (χ0) is 11.5. The van der Waals surface area contributed by atoms with Crippen LogP contribution < -0.4 is 0 Å². The van der Waals surface area contributed by atoms with Crippen LogP contribution in [0.25, 0.3) is 0 Å². The quantitative estimate of drug-likeness (QED) is 0.703. The molecule has 0 N–H and O–H groups in total. The van der Waals surface area contributed by atoms with Crippen LogP contribution in [0.2, 0.25) is 0 Å². The van der Waals surface area contributed by atoms with Crippen molar-refractivity contribution < 1.29 is 0 Å². The van der Waals surface area contributed by atoms with E-state index in [-0.39, 0.29) is 0 Å². The van der Waals surface area contributed by atoms with Gasteiger partial charge in [0.05, 0.1) is 0 Å². The Labute approximate surface area is 104 Å². The summed E-state index contributed by atoms with van der Waals surface area (Å²) in [5.41, 5.74) is 0.401. The van der Waals surface area contributed by atoms with E-state index in [4.69, 9.17) is 0 Å². The number of halogens is 1. The maximum absolute atomic E-state index is 3.61. The summed E-state index contributed by atoms with van der Waals surface area (Å²) in [4.78, 5) is 2.58. The first-order chi connectivity index (χ1) is 6.94. The topological polar surface area (TPSA) is 3.24 Å². The van der Waals surface area contributed by atoms with Gasteiger partial charge in [-0.25, -0.2) is 0 Å². The third kappa shape index (κ3) is 4.44. The molecule has 1 fully saturated rings. The highest BCUT2D eigenvalue weighted by molar-refractivity contribution is 9.09. The van der Waals surface area contributed by atoms with Crippen molar-refractivity contribution in [2.75, 3.05) is 18.9 Å². The van der Waals surface area contributed by atoms with Crippen molar-refractivity contribution in [3.05, 3.63) is 0 Å². The van der Waals surface area contributed by atoms with Crippen LogP contribution in [0.3, 0.4) is 0 Å². The molecule has 1 rings (SSSR count). The Morgan fingerprint density at radius 3 is 2.20 bits per heavy atom. The Balaban J connectivity index is 2.37. The molecule has 0 bridgehead atoms. The Hall–Kier alpha value is 0.440. The van der Waals surface area contributed by atoms with Gasteiger partial charge in [-0.1, -0.05) is 36.7 Å². The molecule has 0 aromatic rings. The molecule has 1 aliphatic carbocycles. The van der Waals surface area contributed by atoms with Gasteiger partial charge in [-0.15, -0.1) is 0 Å². The van der Waals surface area contributed by atoms with E-state index < -0.39 is 0 Å². The highest BCUT2D eigenvalue weighted by atomic mass is 79.9. The van der Waals surface area contributed by atoms with Crippen LogP contribution in [0.4, 0.5) is 0 Å². The van der Waals surface area contributed by atoms with Crippen molar-refractivity contribution in [1.29, 1.82) is 0 Å². The maximum Gasteiger partial charge on any atom is 0.00949 e. The third-order valence-corrected chi connectivity index (χ3v) is 5.17. The van der Waals surface area contributed by atoms with E-state index in [1.807, 2.05) is 0 Å². The molecule has 1 aliphatic rings. The van der Waals surface area contributed by atoms with Crippen molar-refractivity contribution >= 4 is 15.9 Å². The smallest absolute Gasteiger partial charge is 0.00949 e. The molecule has 0 atom stereocenters. The fraction of sp³-hybridized carbons (Fsp3) is 1.00. The van der Waals surface area contributed by atoms with Crippen LogP contribution in [-0.2, 0) is 0 Å². The second-order valence-electron chi connectivity index (χ2n) is 6.13. The Bertz CT molecular complexity index is 183. The standard InChI is InChI=1S/C13H26BrN/c1-11-5-7-12(8-6-11)15(4)10-13(2,3)9-14/h11-12H,5-10H2,1-4H3. The zero-order valence-corrected chi connectivity index (χ0v) is 12.3. The Morgan fingerprint density at radius 2 is 1.73 bits per heavy atom. The van der Waals surface area contributed by atoms with Crippen LogP contribution >= 0.6 is 15.9 Å². The third-order valence-electron chi connectivity index (χ3n) is 3.65. The Morgan fingerprint density at radius 1 is 1.20 bits per heavy atom. The molecule has 0 radical (unpaired) electrons. The molecular formula is C13H26BrN. The average molecular weight is 276 g/mol. The van der Waals surface area contributed by atoms with Crippen LogP contribution in [0.15, 0.2) is 0 Å². The van der Waals surface area contributed by atoms with Crippen LogP contribution in [0.5, 0.6) is 0 Å². The second kappa shape index (κ2) is 5.67. The summed E-state index contributed by atoms with van der Waals surface area (Å²) >= 11 is 3.61. The summed E-state index contributed by atoms with van der Waals surface area (Å²) in [5.74, 6) is 0.957. The lowest BCUT2D eigenvalue weighted by molar-refractivity contribution is 0.130. The molecule has 1 nitrogen and oxygen atoms in total. The lowest BCUT2D eigenvalue weighted by Crippen LogP contribution is -2.41. The second-order valence-corrected chi connectivity index (χ2v) is 6.69. The van der Waals surface area contributed by atoms with Gasteiger partial charge in [-0.05, 0) is 44.1 Å². The number of nitrogens with zero attached hydrogens (tertiary/aromatic N) is 1. The minimum atomic E-state index is 0.401. The molecular weight excluding hydrogens is 250 g/mol. The maximum atomic E-state index is 3.61. The van der Waals surface area contributed by atoms with E-state index in [0.717, 1.165) is 17.3 Å². The molecule has 0 aromatic carbocycles. The van der Waals surface area contributed by atoms with Crippen molar-refractivity contribution in [2.24, 2.45) is 11.3 Å². The van der Waals surface area contributed by atoms with Gasteiger partial charge in [-0.2, -0.15) is 0 Å². The summed E-state index contributed by atoms with van der Waals surface area (Å²) in [6.45, 7) is 8.27. The first-order valence-electron chi connectivity index (χ1n) is 6.21. The highest BCUT2D eigenvalue weighted by Gasteiger charge is 2.26. The lowest BCUT2D eigenvalue weighted by Gasteiger charge is -2.37. The molecule has 15 heavy (non-hydrogen) atoms. The van der Waals surface area contributed by atoms with Gasteiger partial charge in [0, 0.05) is 17.9 Å². The first kappa shape index (κ1) is 13.5. The van der Waals surface area contributed by atoms with Crippen LogP contribution in [0.1, 0.15) is 46.5 Å². The number of hydrogen-bond acceptors (Lipinski definition) is 1. The predicted octanol–water partition coefficient (Wildman–Crippen LogP) is 3.92. The summed E-state index contributed by atoms with van der Waals surface area (Å²) in [6.07, 6.45) is 5.64. The lowest BCUT2D eigenvalue weighted by atomic mass is 9.85. The normalized spacial score (nSPS) is 28.4. The van der Waals surface area contributed by atoms with Gasteiger partial charge in [0.1, 0.15) is 0 Å². The molecule has 0 spiro atoms. The summed E-state index contributed by atoms with van der Waals surface area (Å²) < 4.78 is 0. The van der Waals surface area contributed by atoms with E-state index in [0.29, 0.717) is 5.41 Å². The summed E-state index contributed by atoms with van der Waals surface area (Å²) in [5, 5.41) is 1.09. The van der Waals surface area contributed by atoms with Crippen molar-refractivity contribution in [3.8, 4) is 0 Å². The molecule has 0 unspecified atom stereocenters. The number of rotatable bonds is 4. The van der Waals surface area contributed by atoms with Gasteiger partial charge in [0.2, 0.25) is 0 Å². The molecule has 1 saturated carbocycles. The predicted molar refractivity (Wildman–Crippen MR) is 71.6 cm³/mol. The molecule has 0 heterocycles. The number of hydrogen-bond donors (Lipinski definition) is 0. The number of alkyl halides is 1. The summed E-state index contributed by atoms with van der Waals surface area (Å²) in [7, 11) is 2.30. The molecule has 90 valence electrons. The van der Waals surface area contributed by atoms with Gasteiger partial charge in [-0.3, -0.25) is 0 Å². The van der Waals surface area contributed by atoms with Crippen molar-refractivity contribution in [1.82, 2.24) is 4.90 Å². The van der Waals surface area contributed by atoms with E-state index >= 15 is 0 Å². The van der Waals surface area contributed by atoms with Crippen LogP contribution in [-0.4, -0.2) is 29.9 Å². The Kier molecular flexibility index (Phi) is 5.11. The summed E-state index contributed by atoms with van der Waals surface area (Å²) in [6, 6.07) is 0.833. The fourth-order valence-electron chi connectivity index (χ4n) is 2.53. The van der Waals surface area contributed by atoms with Gasteiger partial charge < -0.3 is 4.90 Å². The van der Waals surface area contributed by atoms with Crippen molar-refractivity contribution in [3.63, 3.8) is 0 Å². The highest BCUT2D eigenvalue weighted by Crippen LogP contribution is 2.28. The van der Waals surface area contributed by atoms with E-state index in [2.05, 4.69) is 48.6 Å². The SMILES string of the molecule is CC1CCC(N(C)CC(C)(C)CBr)CC1. The van der Waals surface area contributed by atoms with E-state index in [9.17, 15) is 0 Å². The molecule has 2 heteroatoms. The minimum absolute atomic E-state index is 0.401. The molecule has 0 aliphatic heterocycles. The minimum Gasteiger partial charge on any atom is -0.303 e. The van der Waals surface area contributed by atoms with Crippen molar-refractivity contribution in [2.45, 2.75) is 52.5 Å². The zero-order valence-electron chi connectivity index (χ0n) is 10.7. The van der Waals surface area contributed by atoms with Gasteiger partial charge in [0.15, 0.2) is 0 Å². The van der Waals surface area contributed by atoms with Gasteiger partial charge >= 0.3 is 0 Å². The average Bonchev–Trinajstić information content (AvgIpc) is 2.18. The molecule has 0 aromatic heterocycles. The fourth-order valence-corrected chi connectivity index (χ4v) is 2.71.